The monoisotopic (exact) mass is 492 g/mol. The molecule has 0 aliphatic heterocycles. The van der Waals surface area contributed by atoms with Crippen LogP contribution in [0.4, 0.5) is 39.5 Å². The van der Waals surface area contributed by atoms with E-state index >= 15 is 8.78 Å². The Hall–Kier alpha value is -4.01. The van der Waals surface area contributed by atoms with E-state index in [1.54, 1.807) is 0 Å². The van der Waals surface area contributed by atoms with Gasteiger partial charge in [-0.05, 0) is 52.7 Å². The summed E-state index contributed by atoms with van der Waals surface area (Å²) in [5.41, 5.74) is -2.67. The maximum absolute atomic E-state index is 15.2. The zero-order valence-electron chi connectivity index (χ0n) is 17.1. The highest BCUT2D eigenvalue weighted by molar-refractivity contribution is 6.21. The summed E-state index contributed by atoms with van der Waals surface area (Å²) >= 11 is 0. The zero-order valence-corrected chi connectivity index (χ0v) is 17.1. The van der Waals surface area contributed by atoms with Crippen molar-refractivity contribution in [2.24, 2.45) is 0 Å². The second-order valence-corrected chi connectivity index (χ2v) is 7.69. The highest BCUT2D eigenvalue weighted by atomic mass is 19.2. The number of fused-ring (bicyclic) bond motifs is 2. The first-order valence-corrected chi connectivity index (χ1v) is 9.91. The molecule has 0 aliphatic rings. The Kier molecular flexibility index (Phi) is 5.23. The van der Waals surface area contributed by atoms with Crippen molar-refractivity contribution < 1.29 is 39.5 Å². The molecule has 0 heterocycles. The molecule has 0 nitrogen and oxygen atoms in total. The van der Waals surface area contributed by atoms with Crippen LogP contribution < -0.4 is 0 Å². The molecule has 0 aromatic heterocycles. The number of benzene rings is 5. The maximum atomic E-state index is 15.2. The standard InChI is InChI=1S/C26H9F9/c27-11-2-3-12-13(8-11)21(24-25(34)18(32)9-19(33)26(24)35)23-16(30)6-5-15(29)22(23)20(12)10-1-4-14(28)17(31)7-10/h1-9H. The fraction of sp³-hybridized carbons (Fsp3) is 0. The van der Waals surface area contributed by atoms with Crippen LogP contribution >= 0.6 is 0 Å². The van der Waals surface area contributed by atoms with E-state index in [2.05, 4.69) is 0 Å². The molecule has 0 saturated carbocycles. The third-order valence-electron chi connectivity index (χ3n) is 5.69. The Bertz CT molecular complexity index is 1660. The van der Waals surface area contributed by atoms with Gasteiger partial charge in [-0.3, -0.25) is 0 Å². The molecular formula is C26H9F9. The third kappa shape index (κ3) is 3.41. The topological polar surface area (TPSA) is 0 Å². The number of halogens is 9. The minimum atomic E-state index is -1.92. The van der Waals surface area contributed by atoms with E-state index in [1.807, 2.05) is 0 Å². The zero-order chi connectivity index (χ0) is 25.2. The average Bonchev–Trinajstić information content (AvgIpc) is 2.81. The van der Waals surface area contributed by atoms with Crippen LogP contribution in [-0.2, 0) is 0 Å². The van der Waals surface area contributed by atoms with Crippen molar-refractivity contribution in [3.05, 3.63) is 107 Å². The fourth-order valence-electron chi connectivity index (χ4n) is 4.26. The summed E-state index contributed by atoms with van der Waals surface area (Å²) in [5.74, 6) is -13.5. The molecule has 9 heteroatoms. The highest BCUT2D eigenvalue weighted by Crippen LogP contribution is 2.47. The first-order chi connectivity index (χ1) is 16.6. The summed E-state index contributed by atoms with van der Waals surface area (Å²) in [6.07, 6.45) is 0. The molecule has 5 rings (SSSR count). The van der Waals surface area contributed by atoms with Gasteiger partial charge in [-0.2, -0.15) is 0 Å². The number of hydrogen-bond donors (Lipinski definition) is 0. The first kappa shape index (κ1) is 22.8. The Labute approximate surface area is 190 Å². The Morgan fingerprint density at radius 3 is 1.54 bits per heavy atom. The quantitative estimate of drug-likeness (QED) is 0.132. The van der Waals surface area contributed by atoms with Gasteiger partial charge in [0.25, 0.3) is 0 Å². The van der Waals surface area contributed by atoms with Crippen molar-refractivity contribution >= 4 is 21.5 Å². The van der Waals surface area contributed by atoms with Crippen LogP contribution in [0.3, 0.4) is 0 Å². The normalized spacial score (nSPS) is 11.6. The third-order valence-corrected chi connectivity index (χ3v) is 5.69. The van der Waals surface area contributed by atoms with Gasteiger partial charge in [0, 0.05) is 28.0 Å². The van der Waals surface area contributed by atoms with Crippen LogP contribution in [0.1, 0.15) is 0 Å². The van der Waals surface area contributed by atoms with E-state index in [9.17, 15) is 30.7 Å². The van der Waals surface area contributed by atoms with E-state index in [0.29, 0.717) is 24.3 Å². The van der Waals surface area contributed by atoms with Crippen molar-refractivity contribution in [3.8, 4) is 22.3 Å². The molecule has 0 atom stereocenters. The second-order valence-electron chi connectivity index (χ2n) is 7.69. The molecule has 0 saturated heterocycles. The van der Waals surface area contributed by atoms with Gasteiger partial charge in [-0.15, -0.1) is 0 Å². The summed E-state index contributed by atoms with van der Waals surface area (Å²) < 4.78 is 130. The lowest BCUT2D eigenvalue weighted by atomic mass is 9.85. The van der Waals surface area contributed by atoms with Crippen LogP contribution in [0.15, 0.2) is 54.6 Å². The largest absolute Gasteiger partial charge is 0.207 e. The Balaban J connectivity index is 2.13. The molecule has 5 aromatic carbocycles. The van der Waals surface area contributed by atoms with Crippen LogP contribution in [0.25, 0.3) is 43.8 Å². The summed E-state index contributed by atoms with van der Waals surface area (Å²) in [6.45, 7) is 0. The van der Waals surface area contributed by atoms with E-state index in [4.69, 9.17) is 0 Å². The molecule has 0 N–H and O–H groups in total. The summed E-state index contributed by atoms with van der Waals surface area (Å²) in [6, 6.07) is 6.30. The Morgan fingerprint density at radius 1 is 0.371 bits per heavy atom. The molecule has 35 heavy (non-hydrogen) atoms. The van der Waals surface area contributed by atoms with Gasteiger partial charge in [0.15, 0.2) is 34.9 Å². The SMILES string of the molecule is Fc1ccc2c(-c3ccc(F)c(F)c3)c3c(F)ccc(F)c3c(-c3c(F)c(F)cc(F)c3F)c2c1. The molecule has 0 radical (unpaired) electrons. The molecule has 0 unspecified atom stereocenters. The lowest BCUT2D eigenvalue weighted by Gasteiger charge is -2.19. The first-order valence-electron chi connectivity index (χ1n) is 9.91. The molecular weight excluding hydrogens is 483 g/mol. The van der Waals surface area contributed by atoms with Crippen molar-refractivity contribution in [1.82, 2.24) is 0 Å². The lowest BCUT2D eigenvalue weighted by molar-refractivity contribution is 0.458. The van der Waals surface area contributed by atoms with E-state index in [-0.39, 0.29) is 22.6 Å². The maximum Gasteiger partial charge on any atom is 0.169 e. The van der Waals surface area contributed by atoms with E-state index < -0.39 is 79.6 Å². The lowest BCUT2D eigenvalue weighted by Crippen LogP contribution is -2.03. The number of hydrogen-bond acceptors (Lipinski definition) is 0. The van der Waals surface area contributed by atoms with Crippen molar-refractivity contribution in [1.29, 1.82) is 0 Å². The molecule has 0 bridgehead atoms. The highest BCUT2D eigenvalue weighted by Gasteiger charge is 2.28. The van der Waals surface area contributed by atoms with Gasteiger partial charge >= 0.3 is 0 Å². The Morgan fingerprint density at radius 2 is 0.943 bits per heavy atom. The second kappa shape index (κ2) is 8.04. The minimum Gasteiger partial charge on any atom is -0.207 e. The molecule has 0 amide bonds. The van der Waals surface area contributed by atoms with E-state index in [1.165, 1.54) is 0 Å². The minimum absolute atomic E-state index is 0.0638. The smallest absolute Gasteiger partial charge is 0.169 e. The van der Waals surface area contributed by atoms with Gasteiger partial charge in [0.1, 0.15) is 17.5 Å². The van der Waals surface area contributed by atoms with E-state index in [0.717, 1.165) is 24.3 Å². The van der Waals surface area contributed by atoms with Crippen LogP contribution in [0.5, 0.6) is 0 Å². The summed E-state index contributed by atoms with van der Waals surface area (Å²) in [7, 11) is 0. The average molecular weight is 492 g/mol. The predicted octanol–water partition coefficient (Wildman–Crippen LogP) is 8.58. The fourth-order valence-corrected chi connectivity index (χ4v) is 4.26. The molecule has 0 aliphatic carbocycles. The van der Waals surface area contributed by atoms with Gasteiger partial charge in [-0.1, -0.05) is 12.1 Å². The molecule has 5 aromatic rings. The van der Waals surface area contributed by atoms with Gasteiger partial charge in [0.05, 0.1) is 5.56 Å². The van der Waals surface area contributed by atoms with Gasteiger partial charge in [0.2, 0.25) is 0 Å². The summed E-state index contributed by atoms with van der Waals surface area (Å²) in [4.78, 5) is 0. The van der Waals surface area contributed by atoms with Crippen molar-refractivity contribution in [2.45, 2.75) is 0 Å². The van der Waals surface area contributed by atoms with Crippen molar-refractivity contribution in [3.63, 3.8) is 0 Å². The molecule has 176 valence electrons. The van der Waals surface area contributed by atoms with Gasteiger partial charge < -0.3 is 0 Å². The van der Waals surface area contributed by atoms with Crippen LogP contribution in [0.2, 0.25) is 0 Å². The van der Waals surface area contributed by atoms with Crippen LogP contribution in [0, 0.1) is 52.4 Å². The molecule has 0 spiro atoms. The molecule has 0 fully saturated rings. The van der Waals surface area contributed by atoms with Crippen LogP contribution in [-0.4, -0.2) is 0 Å². The van der Waals surface area contributed by atoms with Crippen molar-refractivity contribution in [2.75, 3.05) is 0 Å². The summed E-state index contributed by atoms with van der Waals surface area (Å²) in [5, 5.41) is -2.11. The van der Waals surface area contributed by atoms with Gasteiger partial charge in [-0.25, -0.2) is 39.5 Å². The number of rotatable bonds is 2. The predicted molar refractivity (Wildman–Crippen MR) is 112 cm³/mol.